The average Bonchev–Trinajstić information content (AvgIpc) is 3.02. The van der Waals surface area contributed by atoms with Gasteiger partial charge in [-0.3, -0.25) is 9.59 Å². The lowest BCUT2D eigenvalue weighted by atomic mass is 10.1. The van der Waals surface area contributed by atoms with Crippen LogP contribution in [0.3, 0.4) is 0 Å². The molecule has 1 heterocycles. The summed E-state index contributed by atoms with van der Waals surface area (Å²) in [4.78, 5) is 24.5. The van der Waals surface area contributed by atoms with E-state index in [0.717, 1.165) is 36.1 Å². The van der Waals surface area contributed by atoms with Gasteiger partial charge in [-0.15, -0.1) is 0 Å². The summed E-state index contributed by atoms with van der Waals surface area (Å²) in [6, 6.07) is 8.53. The Morgan fingerprint density at radius 1 is 1.33 bits per heavy atom. The number of aryl methyl sites for hydroxylation is 2. The fourth-order valence-corrected chi connectivity index (χ4v) is 3.06. The first-order chi connectivity index (χ1) is 11.5. The van der Waals surface area contributed by atoms with Gasteiger partial charge in [-0.1, -0.05) is 23.7 Å². The number of hydrogen-bond acceptors (Lipinski definition) is 3. The fraction of sp³-hybridized carbons (Fsp3) is 0.389. The molecule has 0 radical (unpaired) electrons. The normalized spacial score (nSPS) is 14.2. The molecule has 0 saturated heterocycles. The van der Waals surface area contributed by atoms with Gasteiger partial charge in [0.1, 0.15) is 6.04 Å². The first kappa shape index (κ1) is 16.7. The van der Waals surface area contributed by atoms with Gasteiger partial charge >= 0.3 is 0 Å². The van der Waals surface area contributed by atoms with Crippen LogP contribution >= 0.6 is 11.6 Å². The predicted molar refractivity (Wildman–Crippen MR) is 93.4 cm³/mol. The molecule has 1 amide bonds. The molecule has 2 aromatic rings. The molecule has 0 saturated carbocycles. The summed E-state index contributed by atoms with van der Waals surface area (Å²) >= 11 is 5.85. The lowest BCUT2D eigenvalue weighted by molar-refractivity contribution is -0.124. The molecule has 0 bridgehead atoms. The van der Waals surface area contributed by atoms with E-state index in [-0.39, 0.29) is 11.5 Å². The molecule has 1 aromatic heterocycles. The predicted octanol–water partition coefficient (Wildman–Crippen LogP) is 2.31. The minimum absolute atomic E-state index is 0.198. The highest BCUT2D eigenvalue weighted by Crippen LogP contribution is 2.18. The number of carbonyl (C=O) groups is 1. The lowest BCUT2D eigenvalue weighted by Crippen LogP contribution is -2.38. The van der Waals surface area contributed by atoms with E-state index in [4.69, 9.17) is 11.6 Å². The summed E-state index contributed by atoms with van der Waals surface area (Å²) in [7, 11) is 0. The van der Waals surface area contributed by atoms with Crippen LogP contribution in [0.25, 0.3) is 0 Å². The van der Waals surface area contributed by atoms with Crippen LogP contribution in [0.4, 0.5) is 0 Å². The second-order valence-corrected chi connectivity index (χ2v) is 6.53. The van der Waals surface area contributed by atoms with E-state index in [0.29, 0.717) is 18.0 Å². The molecule has 1 aliphatic rings. The van der Waals surface area contributed by atoms with Crippen LogP contribution in [-0.4, -0.2) is 22.2 Å². The van der Waals surface area contributed by atoms with Crippen LogP contribution in [0, 0.1) is 0 Å². The van der Waals surface area contributed by atoms with E-state index < -0.39 is 6.04 Å². The van der Waals surface area contributed by atoms with Gasteiger partial charge in [-0.25, -0.2) is 4.68 Å². The number of aromatic nitrogens is 2. The van der Waals surface area contributed by atoms with Crippen molar-refractivity contribution in [3.05, 3.63) is 62.5 Å². The third-order valence-electron chi connectivity index (χ3n) is 4.35. The zero-order valence-corrected chi connectivity index (χ0v) is 14.3. The van der Waals surface area contributed by atoms with Crippen LogP contribution in [0.5, 0.6) is 0 Å². The van der Waals surface area contributed by atoms with E-state index in [1.165, 1.54) is 4.68 Å². The van der Waals surface area contributed by atoms with Gasteiger partial charge in [0.15, 0.2) is 0 Å². The smallest absolute Gasteiger partial charge is 0.267 e. The summed E-state index contributed by atoms with van der Waals surface area (Å²) in [6.45, 7) is 2.21. The second kappa shape index (κ2) is 7.18. The topological polar surface area (TPSA) is 64.0 Å². The number of amides is 1. The third-order valence-corrected chi connectivity index (χ3v) is 4.61. The molecule has 5 nitrogen and oxygen atoms in total. The van der Waals surface area contributed by atoms with Crippen molar-refractivity contribution in [1.82, 2.24) is 15.1 Å². The van der Waals surface area contributed by atoms with Crippen molar-refractivity contribution in [3.63, 3.8) is 0 Å². The van der Waals surface area contributed by atoms with E-state index in [1.807, 2.05) is 24.3 Å². The second-order valence-electron chi connectivity index (χ2n) is 6.10. The number of hydrogen-bond donors (Lipinski definition) is 1. The van der Waals surface area contributed by atoms with Gasteiger partial charge < -0.3 is 5.32 Å². The third kappa shape index (κ3) is 3.67. The van der Waals surface area contributed by atoms with Crippen molar-refractivity contribution in [2.24, 2.45) is 0 Å². The number of nitrogens with zero attached hydrogens (tertiary/aromatic N) is 2. The summed E-state index contributed by atoms with van der Waals surface area (Å²) in [5.41, 5.74) is 2.85. The molecule has 0 unspecified atom stereocenters. The van der Waals surface area contributed by atoms with Gasteiger partial charge in [0.2, 0.25) is 5.91 Å². The standard InChI is InChI=1S/C18H20ClN3O2/c1-12(22-17(23)11-14-3-2-4-16(14)21-22)18(24)20-10-9-13-5-7-15(19)8-6-13/h5-8,11-12H,2-4,9-10H2,1H3,(H,20,24)/t12-/m0/s1. The van der Waals surface area contributed by atoms with Crippen LogP contribution in [-0.2, 0) is 24.1 Å². The van der Waals surface area contributed by atoms with Crippen LogP contribution in [0.15, 0.2) is 35.1 Å². The maximum absolute atomic E-state index is 12.3. The molecule has 1 aliphatic carbocycles. The molecule has 0 fully saturated rings. The van der Waals surface area contributed by atoms with Crippen molar-refractivity contribution in [1.29, 1.82) is 0 Å². The van der Waals surface area contributed by atoms with Gasteiger partial charge in [0, 0.05) is 17.6 Å². The van der Waals surface area contributed by atoms with E-state index >= 15 is 0 Å². The fourth-order valence-electron chi connectivity index (χ4n) is 2.93. The minimum atomic E-state index is -0.617. The highest BCUT2D eigenvalue weighted by atomic mass is 35.5. The van der Waals surface area contributed by atoms with Crippen molar-refractivity contribution < 1.29 is 4.79 Å². The van der Waals surface area contributed by atoms with E-state index in [1.54, 1.807) is 13.0 Å². The van der Waals surface area contributed by atoms with Gasteiger partial charge in [-0.2, -0.15) is 5.10 Å². The Hall–Kier alpha value is -2.14. The molecular weight excluding hydrogens is 326 g/mol. The maximum atomic E-state index is 12.3. The van der Waals surface area contributed by atoms with Crippen LogP contribution < -0.4 is 10.9 Å². The monoisotopic (exact) mass is 345 g/mol. The largest absolute Gasteiger partial charge is 0.354 e. The lowest BCUT2D eigenvalue weighted by Gasteiger charge is -2.15. The Labute approximate surface area is 145 Å². The molecule has 1 atom stereocenters. The molecule has 0 spiro atoms. The molecule has 126 valence electrons. The molecule has 3 rings (SSSR count). The Morgan fingerprint density at radius 3 is 2.83 bits per heavy atom. The number of fused-ring (bicyclic) bond motifs is 1. The average molecular weight is 346 g/mol. The van der Waals surface area contributed by atoms with E-state index in [2.05, 4.69) is 10.4 Å². The molecule has 0 aliphatic heterocycles. The summed E-state index contributed by atoms with van der Waals surface area (Å²) in [5, 5.41) is 7.94. The highest BCUT2D eigenvalue weighted by molar-refractivity contribution is 6.30. The number of rotatable bonds is 5. The van der Waals surface area contributed by atoms with E-state index in [9.17, 15) is 9.59 Å². The zero-order valence-electron chi connectivity index (χ0n) is 13.6. The van der Waals surface area contributed by atoms with Gasteiger partial charge in [0.05, 0.1) is 5.69 Å². The highest BCUT2D eigenvalue weighted by Gasteiger charge is 2.21. The van der Waals surface area contributed by atoms with Gasteiger partial charge in [-0.05, 0) is 55.9 Å². The minimum Gasteiger partial charge on any atom is -0.354 e. The molecule has 24 heavy (non-hydrogen) atoms. The van der Waals surface area contributed by atoms with Crippen molar-refractivity contribution in [2.45, 2.75) is 38.6 Å². The molecule has 1 aromatic carbocycles. The Kier molecular flexibility index (Phi) is 5.00. The first-order valence-electron chi connectivity index (χ1n) is 8.18. The Morgan fingerprint density at radius 2 is 2.08 bits per heavy atom. The molecule has 1 N–H and O–H groups in total. The quantitative estimate of drug-likeness (QED) is 0.904. The number of halogens is 1. The summed E-state index contributed by atoms with van der Waals surface area (Å²) in [5.74, 6) is -0.198. The summed E-state index contributed by atoms with van der Waals surface area (Å²) in [6.07, 6.45) is 3.51. The summed E-state index contributed by atoms with van der Waals surface area (Å²) < 4.78 is 1.29. The van der Waals surface area contributed by atoms with Gasteiger partial charge in [0.25, 0.3) is 5.56 Å². The maximum Gasteiger partial charge on any atom is 0.267 e. The SMILES string of the molecule is C[C@@H](C(=O)NCCc1ccc(Cl)cc1)n1nc2c(cc1=O)CCC2. The Bertz CT molecular complexity index is 799. The number of benzene rings is 1. The van der Waals surface area contributed by atoms with Crippen molar-refractivity contribution in [2.75, 3.05) is 6.54 Å². The van der Waals surface area contributed by atoms with Crippen molar-refractivity contribution >= 4 is 17.5 Å². The number of nitrogens with one attached hydrogen (secondary N) is 1. The van der Waals surface area contributed by atoms with Crippen molar-refractivity contribution in [3.8, 4) is 0 Å². The van der Waals surface area contributed by atoms with Crippen LogP contribution in [0.2, 0.25) is 5.02 Å². The molecule has 6 heteroatoms. The number of carbonyl (C=O) groups excluding carboxylic acids is 1. The first-order valence-corrected chi connectivity index (χ1v) is 8.56. The molecular formula is C18H20ClN3O2. The van der Waals surface area contributed by atoms with Crippen LogP contribution in [0.1, 0.15) is 36.2 Å². The zero-order chi connectivity index (χ0) is 17.1. The Balaban J connectivity index is 1.61.